The Morgan fingerprint density at radius 2 is 1.56 bits per heavy atom. The summed E-state index contributed by atoms with van der Waals surface area (Å²) in [6.45, 7) is 2.24. The van der Waals surface area contributed by atoms with Crippen LogP contribution in [0.1, 0.15) is 79.5 Å². The molecule has 3 aromatic carbocycles. The molecule has 0 heterocycles. The van der Waals surface area contributed by atoms with Crippen LogP contribution in [-0.2, 0) is 6.42 Å². The average Bonchev–Trinajstić information content (AvgIpc) is 2.85. The van der Waals surface area contributed by atoms with Gasteiger partial charge in [-0.1, -0.05) is 67.8 Å². The van der Waals surface area contributed by atoms with Gasteiger partial charge in [-0.3, -0.25) is 0 Å². The lowest BCUT2D eigenvalue weighted by Gasteiger charge is -2.35. The molecule has 0 aliphatic heterocycles. The number of hydrogen-bond acceptors (Lipinski definition) is 2. The monoisotopic (exact) mass is 426 g/mol. The maximum Gasteiger partial charge on any atom is 0.119 e. The summed E-state index contributed by atoms with van der Waals surface area (Å²) in [7, 11) is 0. The fraction of sp³-hybridized carbons (Fsp3) is 0.400. The van der Waals surface area contributed by atoms with Gasteiger partial charge in [0, 0.05) is 5.92 Å². The Bertz CT molecular complexity index is 1020. The predicted octanol–water partition coefficient (Wildman–Crippen LogP) is 7.60. The number of rotatable bonds is 5. The van der Waals surface area contributed by atoms with E-state index < -0.39 is 0 Å². The van der Waals surface area contributed by atoms with Crippen LogP contribution in [-0.4, -0.2) is 11.2 Å². The van der Waals surface area contributed by atoms with E-state index in [0.29, 0.717) is 17.6 Å². The van der Waals surface area contributed by atoms with Crippen LogP contribution in [0.4, 0.5) is 0 Å². The summed E-state index contributed by atoms with van der Waals surface area (Å²) in [6, 6.07) is 25.6. The van der Waals surface area contributed by atoms with Crippen LogP contribution in [0.2, 0.25) is 0 Å². The van der Waals surface area contributed by atoms with E-state index in [-0.39, 0.29) is 12.0 Å². The maximum absolute atomic E-state index is 10.0. The van der Waals surface area contributed by atoms with Gasteiger partial charge in [-0.2, -0.15) is 0 Å². The van der Waals surface area contributed by atoms with Crippen LogP contribution in [0.5, 0.6) is 11.5 Å². The fourth-order valence-corrected chi connectivity index (χ4v) is 5.95. The highest BCUT2D eigenvalue weighted by molar-refractivity contribution is 5.48. The van der Waals surface area contributed by atoms with Gasteiger partial charge in [0.05, 0.1) is 6.10 Å². The molecular formula is C30H34O2. The molecule has 2 heteroatoms. The molecule has 0 amide bonds. The van der Waals surface area contributed by atoms with Gasteiger partial charge >= 0.3 is 0 Å². The lowest BCUT2D eigenvalue weighted by Crippen LogP contribution is -2.25. The molecule has 0 saturated heterocycles. The van der Waals surface area contributed by atoms with Crippen molar-refractivity contribution in [2.24, 2.45) is 5.92 Å². The SMILES string of the molecule is CC(Oc1ccc([C@@H]2c3ccc(O)cc3CC[C@@H]2c2ccccc2)cc1)C1CCCCC1. The zero-order valence-electron chi connectivity index (χ0n) is 19.0. The molecule has 5 rings (SSSR count). The third-order valence-corrected chi connectivity index (χ3v) is 7.69. The number of aromatic hydroxyl groups is 1. The van der Waals surface area contributed by atoms with Crippen LogP contribution < -0.4 is 4.74 Å². The number of ether oxygens (including phenoxy) is 1. The van der Waals surface area contributed by atoms with Crippen molar-refractivity contribution in [3.63, 3.8) is 0 Å². The van der Waals surface area contributed by atoms with Gasteiger partial charge < -0.3 is 9.84 Å². The highest BCUT2D eigenvalue weighted by atomic mass is 16.5. The van der Waals surface area contributed by atoms with E-state index in [1.165, 1.54) is 54.4 Å². The van der Waals surface area contributed by atoms with Gasteiger partial charge in [-0.05, 0) is 91.0 Å². The summed E-state index contributed by atoms with van der Waals surface area (Å²) in [5, 5.41) is 10.0. The molecule has 2 aliphatic carbocycles. The van der Waals surface area contributed by atoms with Crippen LogP contribution in [0.25, 0.3) is 0 Å². The van der Waals surface area contributed by atoms with Gasteiger partial charge in [-0.25, -0.2) is 0 Å². The molecule has 2 aliphatic rings. The lowest BCUT2D eigenvalue weighted by atomic mass is 9.69. The number of phenols is 1. The Morgan fingerprint density at radius 3 is 2.31 bits per heavy atom. The van der Waals surface area contributed by atoms with Crippen molar-refractivity contribution in [1.82, 2.24) is 0 Å². The van der Waals surface area contributed by atoms with Crippen molar-refractivity contribution in [2.45, 2.75) is 69.8 Å². The minimum atomic E-state index is 0.275. The number of fused-ring (bicyclic) bond motifs is 1. The Morgan fingerprint density at radius 1 is 0.812 bits per heavy atom. The first-order valence-electron chi connectivity index (χ1n) is 12.3. The molecule has 0 bridgehead atoms. The number of benzene rings is 3. The second kappa shape index (κ2) is 9.40. The third kappa shape index (κ3) is 4.41. The molecule has 0 aromatic heterocycles. The molecule has 3 atom stereocenters. The van der Waals surface area contributed by atoms with Crippen molar-refractivity contribution in [3.05, 3.63) is 95.1 Å². The van der Waals surface area contributed by atoms with Crippen molar-refractivity contribution in [3.8, 4) is 11.5 Å². The zero-order valence-corrected chi connectivity index (χ0v) is 19.0. The minimum Gasteiger partial charge on any atom is -0.508 e. The number of aryl methyl sites for hydroxylation is 1. The van der Waals surface area contributed by atoms with Gasteiger partial charge in [0.25, 0.3) is 0 Å². The van der Waals surface area contributed by atoms with Gasteiger partial charge in [0.15, 0.2) is 0 Å². The zero-order chi connectivity index (χ0) is 21.9. The first-order chi connectivity index (χ1) is 15.7. The van der Waals surface area contributed by atoms with E-state index in [0.717, 1.165) is 18.6 Å². The smallest absolute Gasteiger partial charge is 0.119 e. The summed E-state index contributed by atoms with van der Waals surface area (Å²) >= 11 is 0. The minimum absolute atomic E-state index is 0.275. The van der Waals surface area contributed by atoms with E-state index in [2.05, 4.69) is 67.6 Å². The van der Waals surface area contributed by atoms with E-state index in [9.17, 15) is 5.11 Å². The van der Waals surface area contributed by atoms with Gasteiger partial charge in [-0.15, -0.1) is 0 Å². The number of hydrogen-bond donors (Lipinski definition) is 1. The summed E-state index contributed by atoms with van der Waals surface area (Å²) in [4.78, 5) is 0. The van der Waals surface area contributed by atoms with E-state index in [1.54, 1.807) is 0 Å². The van der Waals surface area contributed by atoms with Crippen molar-refractivity contribution < 1.29 is 9.84 Å². The predicted molar refractivity (Wildman–Crippen MR) is 131 cm³/mol. The fourth-order valence-electron chi connectivity index (χ4n) is 5.95. The van der Waals surface area contributed by atoms with Crippen LogP contribution >= 0.6 is 0 Å². The molecule has 1 saturated carbocycles. The molecule has 32 heavy (non-hydrogen) atoms. The van der Waals surface area contributed by atoms with E-state index in [4.69, 9.17) is 4.74 Å². The highest BCUT2D eigenvalue weighted by Crippen LogP contribution is 2.47. The second-order valence-electron chi connectivity index (χ2n) is 9.71. The molecule has 166 valence electrons. The van der Waals surface area contributed by atoms with E-state index >= 15 is 0 Å². The molecule has 0 spiro atoms. The molecule has 1 unspecified atom stereocenters. The van der Waals surface area contributed by atoms with Gasteiger partial charge in [0.2, 0.25) is 0 Å². The maximum atomic E-state index is 10.0. The van der Waals surface area contributed by atoms with Crippen molar-refractivity contribution in [2.75, 3.05) is 0 Å². The summed E-state index contributed by atoms with van der Waals surface area (Å²) in [5.74, 6) is 2.74. The molecule has 1 N–H and O–H groups in total. The summed E-state index contributed by atoms with van der Waals surface area (Å²) in [5.41, 5.74) is 5.33. The van der Waals surface area contributed by atoms with E-state index in [1.807, 2.05) is 12.1 Å². The Kier molecular flexibility index (Phi) is 6.21. The summed E-state index contributed by atoms with van der Waals surface area (Å²) < 4.78 is 6.36. The standard InChI is InChI=1S/C30H34O2/c1-21(22-8-4-2-5-9-22)32-27-16-12-24(13-17-27)30-28(23-10-6-3-7-11-23)18-14-25-20-26(31)15-19-29(25)30/h3,6-7,10-13,15-17,19-22,28,30-31H,2,4-5,8-9,14,18H2,1H3/t21?,28-,30+/m1/s1. The highest BCUT2D eigenvalue weighted by Gasteiger charge is 2.32. The Labute approximate surface area is 192 Å². The molecule has 0 radical (unpaired) electrons. The summed E-state index contributed by atoms with van der Waals surface area (Å²) in [6.07, 6.45) is 9.01. The first-order valence-corrected chi connectivity index (χ1v) is 12.3. The van der Waals surface area contributed by atoms with Crippen LogP contribution in [0, 0.1) is 5.92 Å². The third-order valence-electron chi connectivity index (χ3n) is 7.69. The first kappa shape index (κ1) is 21.1. The Balaban J connectivity index is 1.42. The molecule has 2 nitrogen and oxygen atoms in total. The van der Waals surface area contributed by atoms with Crippen LogP contribution in [0.15, 0.2) is 72.8 Å². The largest absolute Gasteiger partial charge is 0.508 e. The topological polar surface area (TPSA) is 29.5 Å². The Hall–Kier alpha value is -2.74. The lowest BCUT2D eigenvalue weighted by molar-refractivity contribution is 0.123. The van der Waals surface area contributed by atoms with Crippen molar-refractivity contribution >= 4 is 0 Å². The van der Waals surface area contributed by atoms with Crippen molar-refractivity contribution in [1.29, 1.82) is 0 Å². The number of phenolic OH excluding ortho intramolecular Hbond substituents is 1. The normalized spacial score (nSPS) is 22.2. The quantitative estimate of drug-likeness (QED) is 0.455. The average molecular weight is 427 g/mol. The van der Waals surface area contributed by atoms with Crippen LogP contribution in [0.3, 0.4) is 0 Å². The molecular weight excluding hydrogens is 392 g/mol. The molecule has 3 aromatic rings. The van der Waals surface area contributed by atoms with Gasteiger partial charge in [0.1, 0.15) is 11.5 Å². The molecule has 1 fully saturated rings. The second-order valence-corrected chi connectivity index (χ2v) is 9.71.